The molecule has 2 rings (SSSR count). The first-order chi connectivity index (χ1) is 8.58. The van der Waals surface area contributed by atoms with Gasteiger partial charge < -0.3 is 9.80 Å². The predicted octanol–water partition coefficient (Wildman–Crippen LogP) is 2.51. The molecule has 3 nitrogen and oxygen atoms in total. The van der Waals surface area contributed by atoms with Crippen molar-refractivity contribution in [3.63, 3.8) is 0 Å². The van der Waals surface area contributed by atoms with Gasteiger partial charge in [0.05, 0.1) is 0 Å². The van der Waals surface area contributed by atoms with Gasteiger partial charge in [0.25, 0.3) is 0 Å². The zero-order chi connectivity index (χ0) is 13.1. The minimum atomic E-state index is -0.216. The van der Waals surface area contributed by atoms with E-state index in [4.69, 9.17) is 0 Å². The lowest BCUT2D eigenvalue weighted by atomic mass is 10.0. The zero-order valence-corrected chi connectivity index (χ0v) is 10.9. The van der Waals surface area contributed by atoms with E-state index in [9.17, 15) is 9.18 Å². The first-order valence-electron chi connectivity index (χ1n) is 6.30. The van der Waals surface area contributed by atoms with Crippen LogP contribution in [0.25, 0.3) is 0 Å². The van der Waals surface area contributed by atoms with Crippen LogP contribution >= 0.6 is 0 Å². The van der Waals surface area contributed by atoms with Crippen molar-refractivity contribution in [2.75, 3.05) is 20.6 Å². The molecule has 1 fully saturated rings. The number of halogens is 1. The van der Waals surface area contributed by atoms with Crippen molar-refractivity contribution in [3.05, 3.63) is 35.6 Å². The van der Waals surface area contributed by atoms with E-state index in [1.54, 1.807) is 31.1 Å². The molecular weight excluding hydrogens is 231 g/mol. The van der Waals surface area contributed by atoms with Crippen molar-refractivity contribution in [3.8, 4) is 0 Å². The monoisotopic (exact) mass is 250 g/mol. The quantitative estimate of drug-likeness (QED) is 0.791. The Kier molecular flexibility index (Phi) is 3.84. The Morgan fingerprint density at radius 2 is 2.06 bits per heavy atom. The third-order valence-corrected chi connectivity index (χ3v) is 3.39. The number of nitrogens with zero attached hydrogens (tertiary/aromatic N) is 2. The van der Waals surface area contributed by atoms with Crippen LogP contribution in [0.4, 0.5) is 9.18 Å². The molecule has 1 heterocycles. The third-order valence-electron chi connectivity index (χ3n) is 3.39. The van der Waals surface area contributed by atoms with Crippen molar-refractivity contribution < 1.29 is 9.18 Å². The minimum absolute atomic E-state index is 0.0691. The van der Waals surface area contributed by atoms with Gasteiger partial charge in [-0.25, -0.2) is 9.18 Å². The van der Waals surface area contributed by atoms with Crippen molar-refractivity contribution in [1.82, 2.24) is 9.80 Å². The first-order valence-corrected chi connectivity index (χ1v) is 6.30. The van der Waals surface area contributed by atoms with Crippen LogP contribution in [0.1, 0.15) is 18.4 Å². The summed E-state index contributed by atoms with van der Waals surface area (Å²) in [5, 5.41) is 0. The second-order valence-electron chi connectivity index (χ2n) is 5.00. The number of likely N-dealkylation sites (tertiary alicyclic amines) is 1. The van der Waals surface area contributed by atoms with Crippen LogP contribution in [0.3, 0.4) is 0 Å². The van der Waals surface area contributed by atoms with E-state index in [0.717, 1.165) is 31.4 Å². The molecule has 0 radical (unpaired) electrons. The smallest absolute Gasteiger partial charge is 0.319 e. The van der Waals surface area contributed by atoms with Gasteiger partial charge in [-0.15, -0.1) is 0 Å². The highest BCUT2D eigenvalue weighted by Gasteiger charge is 2.29. The van der Waals surface area contributed by atoms with Crippen molar-refractivity contribution in [1.29, 1.82) is 0 Å². The summed E-state index contributed by atoms with van der Waals surface area (Å²) >= 11 is 0. The summed E-state index contributed by atoms with van der Waals surface area (Å²) in [7, 11) is 3.55. The molecule has 0 bridgehead atoms. The molecule has 1 aromatic rings. The van der Waals surface area contributed by atoms with E-state index in [1.165, 1.54) is 12.1 Å². The first kappa shape index (κ1) is 12.9. The van der Waals surface area contributed by atoms with Crippen molar-refractivity contribution in [2.24, 2.45) is 0 Å². The van der Waals surface area contributed by atoms with Crippen LogP contribution in [0, 0.1) is 5.82 Å². The topological polar surface area (TPSA) is 23.6 Å². The molecule has 98 valence electrons. The van der Waals surface area contributed by atoms with Crippen molar-refractivity contribution in [2.45, 2.75) is 25.3 Å². The van der Waals surface area contributed by atoms with Crippen LogP contribution in [0.5, 0.6) is 0 Å². The Morgan fingerprint density at radius 3 is 2.67 bits per heavy atom. The number of carbonyl (C=O) groups excluding carboxylic acids is 1. The average molecular weight is 250 g/mol. The number of hydrogen-bond acceptors (Lipinski definition) is 1. The highest BCUT2D eigenvalue weighted by atomic mass is 19.1. The fourth-order valence-corrected chi connectivity index (χ4v) is 2.45. The predicted molar refractivity (Wildman–Crippen MR) is 68.9 cm³/mol. The Labute approximate surface area is 107 Å². The highest BCUT2D eigenvalue weighted by molar-refractivity contribution is 5.74. The van der Waals surface area contributed by atoms with Crippen LogP contribution in [0.2, 0.25) is 0 Å². The molecule has 4 heteroatoms. The van der Waals surface area contributed by atoms with Gasteiger partial charge in [0.15, 0.2) is 0 Å². The number of benzene rings is 1. The molecule has 1 aliphatic rings. The summed E-state index contributed by atoms with van der Waals surface area (Å²) in [6, 6.07) is 6.85. The summed E-state index contributed by atoms with van der Waals surface area (Å²) in [6.45, 7) is 0.822. The van der Waals surface area contributed by atoms with Gasteiger partial charge >= 0.3 is 6.03 Å². The number of rotatable bonds is 2. The van der Waals surface area contributed by atoms with Gasteiger partial charge in [-0.3, -0.25) is 0 Å². The van der Waals surface area contributed by atoms with E-state index in [1.807, 2.05) is 4.90 Å². The van der Waals surface area contributed by atoms with Crippen LogP contribution in [-0.2, 0) is 6.42 Å². The molecule has 0 saturated carbocycles. The lowest BCUT2D eigenvalue weighted by Gasteiger charge is -2.27. The van der Waals surface area contributed by atoms with E-state index in [2.05, 4.69) is 0 Å². The van der Waals surface area contributed by atoms with Gasteiger partial charge in [0.2, 0.25) is 0 Å². The number of urea groups is 1. The molecule has 0 aliphatic carbocycles. The van der Waals surface area contributed by atoms with Gasteiger partial charge in [0.1, 0.15) is 5.82 Å². The molecule has 0 spiro atoms. The van der Waals surface area contributed by atoms with E-state index in [0.29, 0.717) is 0 Å². The maximum atomic E-state index is 12.8. The SMILES string of the molecule is CN(C)C(=O)N1CCCC1Cc1ccc(F)cc1. The van der Waals surface area contributed by atoms with Gasteiger partial charge in [-0.05, 0) is 37.0 Å². The van der Waals surface area contributed by atoms with Crippen LogP contribution < -0.4 is 0 Å². The van der Waals surface area contributed by atoms with E-state index >= 15 is 0 Å². The molecule has 1 atom stereocenters. The highest BCUT2D eigenvalue weighted by Crippen LogP contribution is 2.22. The van der Waals surface area contributed by atoms with Gasteiger partial charge in [-0.2, -0.15) is 0 Å². The van der Waals surface area contributed by atoms with Crippen LogP contribution in [-0.4, -0.2) is 42.5 Å². The maximum absolute atomic E-state index is 12.8. The second kappa shape index (κ2) is 5.38. The molecule has 18 heavy (non-hydrogen) atoms. The molecular formula is C14H19FN2O. The largest absolute Gasteiger partial charge is 0.331 e. The number of amides is 2. The van der Waals surface area contributed by atoms with Crippen LogP contribution in [0.15, 0.2) is 24.3 Å². The lowest BCUT2D eigenvalue weighted by molar-refractivity contribution is 0.165. The van der Waals surface area contributed by atoms with Crippen molar-refractivity contribution >= 4 is 6.03 Å². The molecule has 1 aliphatic heterocycles. The van der Waals surface area contributed by atoms with E-state index in [-0.39, 0.29) is 17.9 Å². The fourth-order valence-electron chi connectivity index (χ4n) is 2.45. The molecule has 0 aromatic heterocycles. The Morgan fingerprint density at radius 1 is 1.39 bits per heavy atom. The molecule has 1 aromatic carbocycles. The maximum Gasteiger partial charge on any atom is 0.319 e. The Balaban J connectivity index is 2.04. The zero-order valence-electron chi connectivity index (χ0n) is 10.9. The van der Waals surface area contributed by atoms with Gasteiger partial charge in [-0.1, -0.05) is 12.1 Å². The Bertz CT molecular complexity index is 416. The fraction of sp³-hybridized carbons (Fsp3) is 0.500. The van der Waals surface area contributed by atoms with E-state index < -0.39 is 0 Å². The summed E-state index contributed by atoms with van der Waals surface area (Å²) in [5.41, 5.74) is 1.08. The number of hydrogen-bond donors (Lipinski definition) is 0. The second-order valence-corrected chi connectivity index (χ2v) is 5.00. The number of carbonyl (C=O) groups is 1. The van der Waals surface area contributed by atoms with Gasteiger partial charge in [0, 0.05) is 26.7 Å². The summed E-state index contributed by atoms with van der Waals surface area (Å²) in [6.07, 6.45) is 2.88. The molecule has 1 saturated heterocycles. The molecule has 0 N–H and O–H groups in total. The lowest BCUT2D eigenvalue weighted by Crippen LogP contribution is -2.42. The molecule has 1 unspecified atom stereocenters. The standard InChI is InChI=1S/C14H19FN2O/c1-16(2)14(18)17-9-3-4-13(17)10-11-5-7-12(15)8-6-11/h5-8,13H,3-4,9-10H2,1-2H3. The summed E-state index contributed by atoms with van der Waals surface area (Å²) < 4.78 is 12.8. The normalized spacial score (nSPS) is 19.1. The third kappa shape index (κ3) is 2.81. The average Bonchev–Trinajstić information content (AvgIpc) is 2.79. The Hall–Kier alpha value is -1.58. The summed E-state index contributed by atoms with van der Waals surface area (Å²) in [4.78, 5) is 15.5. The molecule has 2 amide bonds. The summed E-state index contributed by atoms with van der Waals surface area (Å²) in [5.74, 6) is -0.216. The minimum Gasteiger partial charge on any atom is -0.331 e.